The van der Waals surface area contributed by atoms with Gasteiger partial charge in [0.1, 0.15) is 12.2 Å². The Kier molecular flexibility index (Phi) is 4.10. The van der Waals surface area contributed by atoms with Gasteiger partial charge < -0.3 is 9.15 Å². The first-order valence-corrected chi connectivity index (χ1v) is 9.12. The van der Waals surface area contributed by atoms with Crippen LogP contribution >= 0.6 is 34.3 Å². The van der Waals surface area contributed by atoms with E-state index in [1.165, 1.54) is 22.7 Å². The summed E-state index contributed by atoms with van der Waals surface area (Å²) in [6, 6.07) is 11.0. The van der Waals surface area contributed by atoms with Crippen LogP contribution < -0.4 is 10.2 Å². The molecule has 120 valence electrons. The van der Waals surface area contributed by atoms with E-state index in [4.69, 9.17) is 20.8 Å². The first kappa shape index (κ1) is 15.4. The molecule has 4 rings (SSSR count). The van der Waals surface area contributed by atoms with Gasteiger partial charge >= 0.3 is 0 Å². The number of nitrogens with zero attached hydrogens (tertiary/aromatic N) is 1. The second kappa shape index (κ2) is 6.39. The van der Waals surface area contributed by atoms with Crippen LogP contribution in [0.4, 0.5) is 0 Å². The van der Waals surface area contributed by atoms with Crippen LogP contribution in [0.15, 0.2) is 57.2 Å². The lowest BCUT2D eigenvalue weighted by molar-refractivity contribution is 0.301. The number of hydrogen-bond donors (Lipinski definition) is 0. The average molecular weight is 376 g/mol. The van der Waals surface area contributed by atoms with E-state index in [1.807, 2.05) is 23.6 Å². The quantitative estimate of drug-likeness (QED) is 0.491. The molecular weight excluding hydrogens is 366 g/mol. The standard InChI is InChI=1S/C17H10ClNO3S2/c18-17-19-8-10(24-17)9-21-16-14(20)11-4-1-2-5-12(11)22-15(16)13-6-3-7-23-13/h1-8H,9H2. The monoisotopic (exact) mass is 375 g/mol. The van der Waals surface area contributed by atoms with Gasteiger partial charge in [-0.3, -0.25) is 4.79 Å². The Hall–Kier alpha value is -2.15. The van der Waals surface area contributed by atoms with Crippen LogP contribution in [0.1, 0.15) is 4.88 Å². The van der Waals surface area contributed by atoms with E-state index in [-0.39, 0.29) is 17.8 Å². The Balaban J connectivity index is 1.83. The van der Waals surface area contributed by atoms with Gasteiger partial charge in [-0.2, -0.15) is 0 Å². The molecule has 3 aromatic heterocycles. The molecule has 0 unspecified atom stereocenters. The van der Waals surface area contributed by atoms with Crippen molar-refractivity contribution in [2.75, 3.05) is 0 Å². The van der Waals surface area contributed by atoms with Crippen LogP contribution in [0, 0.1) is 0 Å². The Morgan fingerprint density at radius 1 is 1.21 bits per heavy atom. The Labute approximate surface area is 149 Å². The third-order valence-electron chi connectivity index (χ3n) is 3.39. The van der Waals surface area contributed by atoms with Crippen LogP contribution in [-0.2, 0) is 6.61 Å². The van der Waals surface area contributed by atoms with Crippen molar-refractivity contribution in [1.29, 1.82) is 0 Å². The molecule has 4 aromatic rings. The Bertz CT molecular complexity index is 1050. The summed E-state index contributed by atoms with van der Waals surface area (Å²) < 4.78 is 12.2. The number of aromatic nitrogens is 1. The lowest BCUT2D eigenvalue weighted by atomic mass is 10.2. The SMILES string of the molecule is O=c1c(OCc2cnc(Cl)s2)c(-c2cccs2)oc2ccccc12. The van der Waals surface area contributed by atoms with Gasteiger partial charge in [-0.15, -0.1) is 22.7 Å². The number of fused-ring (bicyclic) bond motifs is 1. The van der Waals surface area contributed by atoms with Gasteiger partial charge in [0.15, 0.2) is 10.2 Å². The van der Waals surface area contributed by atoms with Crippen LogP contribution in [0.2, 0.25) is 4.47 Å². The predicted octanol–water partition coefficient (Wildman–Crippen LogP) is 5.21. The fourth-order valence-corrected chi connectivity index (χ4v) is 3.91. The topological polar surface area (TPSA) is 52.3 Å². The molecule has 0 aliphatic rings. The number of thiophene rings is 1. The summed E-state index contributed by atoms with van der Waals surface area (Å²) in [6.45, 7) is 0.214. The zero-order valence-electron chi connectivity index (χ0n) is 12.2. The molecule has 0 saturated carbocycles. The van der Waals surface area contributed by atoms with Crippen molar-refractivity contribution in [1.82, 2.24) is 4.98 Å². The van der Waals surface area contributed by atoms with Crippen molar-refractivity contribution < 1.29 is 9.15 Å². The molecule has 4 nitrogen and oxygen atoms in total. The molecule has 0 fully saturated rings. The maximum absolute atomic E-state index is 12.9. The first-order chi connectivity index (χ1) is 11.7. The fourth-order valence-electron chi connectivity index (χ4n) is 2.32. The number of hydrogen-bond acceptors (Lipinski definition) is 6. The number of thiazole rings is 1. The van der Waals surface area contributed by atoms with Gasteiger partial charge in [-0.25, -0.2) is 4.98 Å². The molecule has 0 radical (unpaired) electrons. The summed E-state index contributed by atoms with van der Waals surface area (Å²) in [7, 11) is 0. The van der Waals surface area contributed by atoms with Gasteiger partial charge in [0.2, 0.25) is 11.2 Å². The minimum absolute atomic E-state index is 0.184. The summed E-state index contributed by atoms with van der Waals surface area (Å²) >= 11 is 8.65. The third-order valence-corrected chi connectivity index (χ3v) is 5.34. The van der Waals surface area contributed by atoms with Crippen molar-refractivity contribution in [3.05, 3.63) is 67.5 Å². The minimum Gasteiger partial charge on any atom is -0.480 e. The summed E-state index contributed by atoms with van der Waals surface area (Å²) in [4.78, 5) is 18.5. The molecular formula is C17H10ClNO3S2. The molecule has 0 aliphatic heterocycles. The molecule has 0 bridgehead atoms. The molecule has 0 saturated heterocycles. The van der Waals surface area contributed by atoms with E-state index in [1.54, 1.807) is 24.4 Å². The van der Waals surface area contributed by atoms with Crippen LogP contribution in [0.25, 0.3) is 21.6 Å². The fraction of sp³-hybridized carbons (Fsp3) is 0.0588. The third kappa shape index (κ3) is 2.84. The highest BCUT2D eigenvalue weighted by atomic mass is 35.5. The van der Waals surface area contributed by atoms with E-state index >= 15 is 0 Å². The maximum atomic E-state index is 12.9. The Morgan fingerprint density at radius 3 is 2.83 bits per heavy atom. The number of rotatable bonds is 4. The Morgan fingerprint density at radius 2 is 2.08 bits per heavy atom. The average Bonchev–Trinajstić information content (AvgIpc) is 3.25. The van der Waals surface area contributed by atoms with Crippen molar-refractivity contribution in [3.63, 3.8) is 0 Å². The van der Waals surface area contributed by atoms with Gasteiger partial charge in [0.25, 0.3) is 0 Å². The van der Waals surface area contributed by atoms with Crippen molar-refractivity contribution in [2.45, 2.75) is 6.61 Å². The van der Waals surface area contributed by atoms with E-state index in [9.17, 15) is 4.79 Å². The normalized spacial score (nSPS) is 11.0. The van der Waals surface area contributed by atoms with Gasteiger partial charge in [-0.05, 0) is 23.6 Å². The summed E-state index contributed by atoms with van der Waals surface area (Å²) in [5, 5.41) is 2.42. The summed E-state index contributed by atoms with van der Waals surface area (Å²) in [6.07, 6.45) is 1.64. The lowest BCUT2D eigenvalue weighted by Crippen LogP contribution is -2.09. The van der Waals surface area contributed by atoms with Crippen LogP contribution in [0.3, 0.4) is 0 Å². The zero-order valence-corrected chi connectivity index (χ0v) is 14.6. The van der Waals surface area contributed by atoms with Crippen molar-refractivity contribution >= 4 is 45.2 Å². The number of benzene rings is 1. The van der Waals surface area contributed by atoms with Crippen LogP contribution in [0.5, 0.6) is 5.75 Å². The second-order valence-electron chi connectivity index (χ2n) is 4.93. The summed E-state index contributed by atoms with van der Waals surface area (Å²) in [5.41, 5.74) is 0.356. The number of halogens is 1. The molecule has 3 heterocycles. The van der Waals surface area contributed by atoms with Gasteiger partial charge in [-0.1, -0.05) is 29.8 Å². The minimum atomic E-state index is -0.184. The molecule has 0 N–H and O–H groups in total. The highest BCUT2D eigenvalue weighted by molar-refractivity contribution is 7.15. The van der Waals surface area contributed by atoms with E-state index in [0.717, 1.165) is 9.75 Å². The van der Waals surface area contributed by atoms with Crippen molar-refractivity contribution in [2.24, 2.45) is 0 Å². The number of ether oxygens (including phenoxy) is 1. The molecule has 7 heteroatoms. The van der Waals surface area contributed by atoms with E-state index in [2.05, 4.69) is 4.98 Å². The van der Waals surface area contributed by atoms with E-state index < -0.39 is 0 Å². The molecule has 0 aliphatic carbocycles. The second-order valence-corrected chi connectivity index (χ2v) is 7.58. The zero-order chi connectivity index (χ0) is 16.5. The molecule has 1 aromatic carbocycles. The predicted molar refractivity (Wildman–Crippen MR) is 97.3 cm³/mol. The van der Waals surface area contributed by atoms with Crippen LogP contribution in [-0.4, -0.2) is 4.98 Å². The molecule has 0 spiro atoms. The van der Waals surface area contributed by atoms with Gasteiger partial charge in [0, 0.05) is 6.20 Å². The van der Waals surface area contributed by atoms with Crippen molar-refractivity contribution in [3.8, 4) is 16.4 Å². The highest BCUT2D eigenvalue weighted by Crippen LogP contribution is 2.34. The lowest BCUT2D eigenvalue weighted by Gasteiger charge is -2.09. The number of para-hydroxylation sites is 1. The molecule has 0 amide bonds. The summed E-state index contributed by atoms with van der Waals surface area (Å²) in [5.74, 6) is 0.657. The molecule has 0 atom stereocenters. The van der Waals surface area contributed by atoms with Gasteiger partial charge in [0.05, 0.1) is 15.1 Å². The first-order valence-electron chi connectivity index (χ1n) is 7.05. The smallest absolute Gasteiger partial charge is 0.235 e. The largest absolute Gasteiger partial charge is 0.480 e. The maximum Gasteiger partial charge on any atom is 0.235 e. The highest BCUT2D eigenvalue weighted by Gasteiger charge is 2.18. The van der Waals surface area contributed by atoms with E-state index in [0.29, 0.717) is 21.2 Å². The molecule has 24 heavy (non-hydrogen) atoms.